The molecule has 0 radical (unpaired) electrons. The lowest BCUT2D eigenvalue weighted by Gasteiger charge is -2.29. The number of aromatic carboxylic acids is 1. The lowest BCUT2D eigenvalue weighted by atomic mass is 10.1. The topological polar surface area (TPSA) is 95.9 Å². The van der Waals surface area contributed by atoms with Crippen LogP contribution in [0.4, 0.5) is 11.4 Å². The van der Waals surface area contributed by atoms with Crippen molar-refractivity contribution in [3.05, 3.63) is 52.5 Å². The van der Waals surface area contributed by atoms with Crippen molar-refractivity contribution < 1.29 is 24.2 Å². The summed E-state index contributed by atoms with van der Waals surface area (Å²) < 4.78 is 6.17. The van der Waals surface area contributed by atoms with Crippen molar-refractivity contribution in [2.24, 2.45) is 0 Å². The number of benzene rings is 2. The summed E-state index contributed by atoms with van der Waals surface area (Å²) in [6.07, 6.45) is 0. The van der Waals surface area contributed by atoms with Crippen molar-refractivity contribution in [3.8, 4) is 5.75 Å². The normalized spacial score (nSPS) is 13.0. The highest BCUT2D eigenvalue weighted by Gasteiger charge is 2.28. The number of nitrogens with zero attached hydrogens (tertiary/aromatic N) is 1. The minimum atomic E-state index is -1.12. The molecule has 0 saturated heterocycles. The summed E-state index contributed by atoms with van der Waals surface area (Å²) in [5.74, 6) is -1.58. The Bertz CT molecular complexity index is 851. The molecule has 0 aliphatic carbocycles. The summed E-state index contributed by atoms with van der Waals surface area (Å²) >= 11 is 3.31. The van der Waals surface area contributed by atoms with E-state index < -0.39 is 17.8 Å². The maximum absolute atomic E-state index is 12.3. The molecule has 0 atom stereocenters. The Morgan fingerprint density at radius 1 is 1.20 bits per heavy atom. The van der Waals surface area contributed by atoms with Gasteiger partial charge in [0.05, 0.1) is 11.3 Å². The van der Waals surface area contributed by atoms with E-state index in [2.05, 4.69) is 21.2 Å². The number of carboxylic acids is 1. The van der Waals surface area contributed by atoms with Crippen molar-refractivity contribution in [1.29, 1.82) is 0 Å². The third kappa shape index (κ3) is 3.80. The Morgan fingerprint density at radius 2 is 1.92 bits per heavy atom. The van der Waals surface area contributed by atoms with Gasteiger partial charge in [-0.05, 0) is 42.5 Å². The van der Waals surface area contributed by atoms with Crippen LogP contribution in [0.3, 0.4) is 0 Å². The van der Waals surface area contributed by atoms with E-state index in [-0.39, 0.29) is 24.4 Å². The number of hydrogen-bond acceptors (Lipinski definition) is 4. The Labute approximate surface area is 151 Å². The SMILES string of the molecule is O=C(CN1C(=O)COc2ccc(C(=O)O)cc21)Nc1ccc(Br)cc1. The standard InChI is InChI=1S/C17H13BrN2O5/c18-11-2-4-12(5-3-11)19-15(21)8-20-13-7-10(17(23)24)1-6-14(13)25-9-16(20)22/h1-7H,8-9H2,(H,19,21)(H,23,24). The Morgan fingerprint density at radius 3 is 2.60 bits per heavy atom. The van der Waals surface area contributed by atoms with Crippen molar-refractivity contribution in [2.75, 3.05) is 23.4 Å². The summed E-state index contributed by atoms with van der Waals surface area (Å²) in [5, 5.41) is 11.8. The first-order valence-electron chi connectivity index (χ1n) is 7.30. The molecule has 1 heterocycles. The first-order valence-corrected chi connectivity index (χ1v) is 8.09. The van der Waals surface area contributed by atoms with Crippen LogP contribution >= 0.6 is 15.9 Å². The number of rotatable bonds is 4. The van der Waals surface area contributed by atoms with E-state index >= 15 is 0 Å². The molecule has 8 heteroatoms. The molecule has 2 amide bonds. The van der Waals surface area contributed by atoms with E-state index in [0.717, 1.165) is 4.47 Å². The summed E-state index contributed by atoms with van der Waals surface area (Å²) in [4.78, 5) is 36.8. The number of hydrogen-bond donors (Lipinski definition) is 2. The fraction of sp³-hybridized carbons (Fsp3) is 0.118. The lowest BCUT2D eigenvalue weighted by Crippen LogP contribution is -2.43. The number of anilines is 2. The zero-order valence-electron chi connectivity index (χ0n) is 12.9. The Kier molecular flexibility index (Phi) is 4.71. The molecule has 0 aromatic heterocycles. The van der Waals surface area contributed by atoms with Gasteiger partial charge in [-0.3, -0.25) is 14.5 Å². The summed E-state index contributed by atoms with van der Waals surface area (Å²) in [7, 11) is 0. The van der Waals surface area contributed by atoms with Gasteiger partial charge in [0.1, 0.15) is 12.3 Å². The van der Waals surface area contributed by atoms with Crippen molar-refractivity contribution in [3.63, 3.8) is 0 Å². The highest BCUT2D eigenvalue weighted by molar-refractivity contribution is 9.10. The molecule has 0 fully saturated rings. The number of carbonyl (C=O) groups excluding carboxylic acids is 2. The number of amides is 2. The fourth-order valence-corrected chi connectivity index (χ4v) is 2.65. The third-order valence-corrected chi connectivity index (χ3v) is 4.11. The summed E-state index contributed by atoms with van der Waals surface area (Å²) in [6, 6.07) is 11.2. The number of carboxylic acid groups (broad SMARTS) is 1. The van der Waals surface area contributed by atoms with Crippen molar-refractivity contribution >= 4 is 45.1 Å². The van der Waals surface area contributed by atoms with E-state index in [1.807, 2.05) is 0 Å². The quantitative estimate of drug-likeness (QED) is 0.815. The zero-order chi connectivity index (χ0) is 18.0. The minimum absolute atomic E-state index is 0.00960. The van der Waals surface area contributed by atoms with Crippen LogP contribution in [0.25, 0.3) is 0 Å². The van der Waals surface area contributed by atoms with Gasteiger partial charge in [-0.15, -0.1) is 0 Å². The molecule has 0 unspecified atom stereocenters. The van der Waals surface area contributed by atoms with Gasteiger partial charge in [-0.25, -0.2) is 4.79 Å². The zero-order valence-corrected chi connectivity index (χ0v) is 14.4. The van der Waals surface area contributed by atoms with Gasteiger partial charge in [-0.2, -0.15) is 0 Å². The molecule has 2 aromatic carbocycles. The average molecular weight is 405 g/mol. The van der Waals surface area contributed by atoms with Gasteiger partial charge in [-0.1, -0.05) is 15.9 Å². The van der Waals surface area contributed by atoms with Gasteiger partial charge < -0.3 is 15.2 Å². The Hall–Kier alpha value is -2.87. The molecule has 0 spiro atoms. The van der Waals surface area contributed by atoms with Crippen molar-refractivity contribution in [1.82, 2.24) is 0 Å². The second kappa shape index (κ2) is 6.94. The number of halogens is 1. The molecule has 2 N–H and O–H groups in total. The van der Waals surface area contributed by atoms with Crippen LogP contribution in [0, 0.1) is 0 Å². The van der Waals surface area contributed by atoms with E-state index in [1.165, 1.54) is 23.1 Å². The van der Waals surface area contributed by atoms with Gasteiger partial charge in [0, 0.05) is 10.2 Å². The second-order valence-electron chi connectivity index (χ2n) is 5.31. The van der Waals surface area contributed by atoms with Gasteiger partial charge >= 0.3 is 5.97 Å². The van der Waals surface area contributed by atoms with E-state index in [4.69, 9.17) is 9.84 Å². The molecule has 128 valence electrons. The minimum Gasteiger partial charge on any atom is -0.482 e. The molecule has 3 rings (SSSR count). The maximum atomic E-state index is 12.3. The molecule has 7 nitrogen and oxygen atoms in total. The van der Waals surface area contributed by atoms with Crippen LogP contribution in [-0.2, 0) is 9.59 Å². The summed E-state index contributed by atoms with van der Waals surface area (Å²) in [6.45, 7) is -0.445. The van der Waals surface area contributed by atoms with Gasteiger partial charge in [0.25, 0.3) is 5.91 Å². The van der Waals surface area contributed by atoms with Crippen LogP contribution in [0.5, 0.6) is 5.75 Å². The second-order valence-corrected chi connectivity index (χ2v) is 6.23. The Balaban J connectivity index is 1.81. The molecule has 1 aliphatic rings. The number of fused-ring (bicyclic) bond motifs is 1. The first kappa shape index (κ1) is 17.0. The van der Waals surface area contributed by atoms with Gasteiger partial charge in [0.2, 0.25) is 5.91 Å². The van der Waals surface area contributed by atoms with Gasteiger partial charge in [0.15, 0.2) is 6.61 Å². The molecule has 1 aliphatic heterocycles. The molecule has 25 heavy (non-hydrogen) atoms. The average Bonchev–Trinajstić information content (AvgIpc) is 2.59. The fourth-order valence-electron chi connectivity index (χ4n) is 2.39. The maximum Gasteiger partial charge on any atom is 0.335 e. The van der Waals surface area contributed by atoms with Crippen molar-refractivity contribution in [2.45, 2.75) is 0 Å². The van der Waals surface area contributed by atoms with Crippen LogP contribution in [0.2, 0.25) is 0 Å². The molecular formula is C17H13BrN2O5. The van der Waals surface area contributed by atoms with Crippen LogP contribution in [-0.4, -0.2) is 36.0 Å². The van der Waals surface area contributed by atoms with Crippen LogP contribution < -0.4 is 15.0 Å². The predicted octanol–water partition coefficient (Wildman–Crippen LogP) is 2.51. The van der Waals surface area contributed by atoms with E-state index in [1.54, 1.807) is 24.3 Å². The first-order chi connectivity index (χ1) is 11.9. The van der Waals surface area contributed by atoms with E-state index in [0.29, 0.717) is 11.4 Å². The summed E-state index contributed by atoms with van der Waals surface area (Å²) in [5.41, 5.74) is 0.867. The molecule has 2 aromatic rings. The highest BCUT2D eigenvalue weighted by atomic mass is 79.9. The molecule has 0 bridgehead atoms. The van der Waals surface area contributed by atoms with Crippen LogP contribution in [0.15, 0.2) is 46.9 Å². The lowest BCUT2D eigenvalue weighted by molar-refractivity contribution is -0.123. The highest BCUT2D eigenvalue weighted by Crippen LogP contribution is 2.33. The van der Waals surface area contributed by atoms with Crippen LogP contribution in [0.1, 0.15) is 10.4 Å². The largest absolute Gasteiger partial charge is 0.482 e. The monoisotopic (exact) mass is 404 g/mol. The number of ether oxygens (including phenoxy) is 1. The number of nitrogens with one attached hydrogen (secondary N) is 1. The predicted molar refractivity (Wildman–Crippen MR) is 94.0 cm³/mol. The number of carbonyl (C=O) groups is 3. The molecular weight excluding hydrogens is 392 g/mol. The third-order valence-electron chi connectivity index (χ3n) is 3.58. The molecule has 0 saturated carbocycles. The van der Waals surface area contributed by atoms with E-state index in [9.17, 15) is 14.4 Å². The smallest absolute Gasteiger partial charge is 0.335 e.